The molecule has 11 heavy (non-hydrogen) atoms. The fourth-order valence-electron chi connectivity index (χ4n) is 2.16. The predicted octanol–water partition coefficient (Wildman–Crippen LogP) is 0.337. The van der Waals surface area contributed by atoms with Gasteiger partial charge in [-0.3, -0.25) is 4.79 Å². The molecule has 0 aromatic carbocycles. The molecule has 1 amide bonds. The van der Waals surface area contributed by atoms with Crippen LogP contribution in [0.15, 0.2) is 0 Å². The molecule has 2 saturated heterocycles. The van der Waals surface area contributed by atoms with E-state index in [-0.39, 0.29) is 11.8 Å². The maximum Gasteiger partial charge on any atom is 0.225 e. The van der Waals surface area contributed by atoms with Gasteiger partial charge in [0.1, 0.15) is 5.72 Å². The predicted molar refractivity (Wildman–Crippen MR) is 39.7 cm³/mol. The van der Waals surface area contributed by atoms with E-state index in [2.05, 4.69) is 0 Å². The molecule has 0 aromatic rings. The van der Waals surface area contributed by atoms with Crippen LogP contribution in [0.4, 0.5) is 0 Å². The Labute approximate surface area is 66.0 Å². The third kappa shape index (κ3) is 0.745. The van der Waals surface area contributed by atoms with Crippen molar-refractivity contribution in [2.75, 3.05) is 6.54 Å². The van der Waals surface area contributed by atoms with E-state index in [9.17, 15) is 9.90 Å². The Hall–Kier alpha value is -0.570. The van der Waals surface area contributed by atoms with Crippen LogP contribution in [0, 0.1) is 5.92 Å². The van der Waals surface area contributed by atoms with Crippen molar-refractivity contribution in [1.82, 2.24) is 4.90 Å². The first-order chi connectivity index (χ1) is 5.14. The van der Waals surface area contributed by atoms with Crippen LogP contribution in [0.25, 0.3) is 0 Å². The van der Waals surface area contributed by atoms with Gasteiger partial charge in [-0.05, 0) is 6.42 Å². The summed E-state index contributed by atoms with van der Waals surface area (Å²) in [7, 11) is 0. The lowest BCUT2D eigenvalue weighted by atomic mass is 9.97. The molecule has 3 heteroatoms. The first kappa shape index (κ1) is 7.10. The molecule has 2 rings (SSSR count). The van der Waals surface area contributed by atoms with Crippen LogP contribution in [0.2, 0.25) is 0 Å². The number of hydrogen-bond acceptors (Lipinski definition) is 2. The topological polar surface area (TPSA) is 40.5 Å². The molecule has 2 fully saturated rings. The minimum atomic E-state index is -0.781. The van der Waals surface area contributed by atoms with Gasteiger partial charge in [-0.1, -0.05) is 6.92 Å². The summed E-state index contributed by atoms with van der Waals surface area (Å²) in [5.41, 5.74) is -0.781. The van der Waals surface area contributed by atoms with E-state index in [0.29, 0.717) is 12.8 Å². The maximum absolute atomic E-state index is 11.2. The highest BCUT2D eigenvalue weighted by Gasteiger charge is 2.51. The van der Waals surface area contributed by atoms with Crippen LogP contribution in [-0.2, 0) is 4.79 Å². The molecule has 0 unspecified atom stereocenters. The highest BCUT2D eigenvalue weighted by Crippen LogP contribution is 2.41. The van der Waals surface area contributed by atoms with Crippen molar-refractivity contribution in [3.05, 3.63) is 0 Å². The zero-order chi connectivity index (χ0) is 8.06. The number of aliphatic hydroxyl groups is 1. The smallest absolute Gasteiger partial charge is 0.225 e. The highest BCUT2D eigenvalue weighted by atomic mass is 16.3. The number of carbonyl (C=O) groups excluding carboxylic acids is 1. The molecule has 2 atom stereocenters. The molecule has 2 aliphatic heterocycles. The second kappa shape index (κ2) is 1.97. The summed E-state index contributed by atoms with van der Waals surface area (Å²) < 4.78 is 0. The molecule has 62 valence electrons. The summed E-state index contributed by atoms with van der Waals surface area (Å²) in [6.45, 7) is 2.76. The van der Waals surface area contributed by atoms with Gasteiger partial charge >= 0.3 is 0 Å². The van der Waals surface area contributed by atoms with E-state index < -0.39 is 5.72 Å². The summed E-state index contributed by atoms with van der Waals surface area (Å²) in [5.74, 6) is 0.380. The molecule has 0 saturated carbocycles. The van der Waals surface area contributed by atoms with Crippen molar-refractivity contribution in [2.45, 2.75) is 31.9 Å². The average Bonchev–Trinajstić information content (AvgIpc) is 2.39. The third-order valence-electron chi connectivity index (χ3n) is 3.05. The molecule has 2 heterocycles. The first-order valence-electron chi connectivity index (χ1n) is 4.17. The SMILES string of the molecule is C[C@H]1CCN2C(=O)CC[C@@]12O. The molecule has 3 nitrogen and oxygen atoms in total. The van der Waals surface area contributed by atoms with Crippen molar-refractivity contribution < 1.29 is 9.90 Å². The van der Waals surface area contributed by atoms with Gasteiger partial charge in [-0.2, -0.15) is 0 Å². The molecule has 0 aliphatic carbocycles. The standard InChI is InChI=1S/C8H13NO2/c1-6-3-5-9-7(10)2-4-8(6,9)11/h6,11H,2-5H2,1H3/t6-,8+/m0/s1. The van der Waals surface area contributed by atoms with Gasteiger partial charge in [0.2, 0.25) is 5.91 Å². The van der Waals surface area contributed by atoms with Crippen LogP contribution < -0.4 is 0 Å². The van der Waals surface area contributed by atoms with Crippen LogP contribution >= 0.6 is 0 Å². The maximum atomic E-state index is 11.2. The lowest BCUT2D eigenvalue weighted by Gasteiger charge is -2.29. The zero-order valence-corrected chi connectivity index (χ0v) is 6.71. The van der Waals surface area contributed by atoms with Gasteiger partial charge in [0.15, 0.2) is 0 Å². The first-order valence-corrected chi connectivity index (χ1v) is 4.17. The van der Waals surface area contributed by atoms with E-state index in [0.717, 1.165) is 13.0 Å². The van der Waals surface area contributed by atoms with Gasteiger partial charge in [-0.25, -0.2) is 0 Å². The summed E-state index contributed by atoms with van der Waals surface area (Å²) in [6.07, 6.45) is 2.11. The van der Waals surface area contributed by atoms with E-state index in [1.807, 2.05) is 6.92 Å². The van der Waals surface area contributed by atoms with E-state index in [1.165, 1.54) is 0 Å². The minimum Gasteiger partial charge on any atom is -0.370 e. The second-order valence-electron chi connectivity index (χ2n) is 3.61. The summed E-state index contributed by atoms with van der Waals surface area (Å²) >= 11 is 0. The normalized spacial score (nSPS) is 43.3. The Morgan fingerprint density at radius 1 is 1.73 bits per heavy atom. The number of hydrogen-bond donors (Lipinski definition) is 1. The average molecular weight is 155 g/mol. The fourth-order valence-corrected chi connectivity index (χ4v) is 2.16. The molecular weight excluding hydrogens is 142 g/mol. The molecule has 0 bridgehead atoms. The summed E-state index contributed by atoms with van der Waals surface area (Å²) in [4.78, 5) is 12.8. The summed E-state index contributed by atoms with van der Waals surface area (Å²) in [6, 6.07) is 0. The highest BCUT2D eigenvalue weighted by molar-refractivity contribution is 5.79. The summed E-state index contributed by atoms with van der Waals surface area (Å²) in [5, 5.41) is 9.98. The second-order valence-corrected chi connectivity index (χ2v) is 3.61. The van der Waals surface area contributed by atoms with E-state index >= 15 is 0 Å². The van der Waals surface area contributed by atoms with Crippen molar-refractivity contribution in [1.29, 1.82) is 0 Å². The molecule has 1 N–H and O–H groups in total. The molecule has 0 spiro atoms. The number of nitrogens with zero attached hydrogens (tertiary/aromatic N) is 1. The molecule has 0 aromatic heterocycles. The van der Waals surface area contributed by atoms with Crippen molar-refractivity contribution in [3.8, 4) is 0 Å². The van der Waals surface area contributed by atoms with Gasteiger partial charge in [-0.15, -0.1) is 0 Å². The Morgan fingerprint density at radius 3 is 3.09 bits per heavy atom. The lowest BCUT2D eigenvalue weighted by molar-refractivity contribution is -0.142. The van der Waals surface area contributed by atoms with E-state index in [1.54, 1.807) is 4.90 Å². The van der Waals surface area contributed by atoms with Crippen molar-refractivity contribution in [3.63, 3.8) is 0 Å². The van der Waals surface area contributed by atoms with Crippen LogP contribution in [-0.4, -0.2) is 28.2 Å². The fraction of sp³-hybridized carbons (Fsp3) is 0.875. The van der Waals surface area contributed by atoms with Crippen molar-refractivity contribution in [2.24, 2.45) is 5.92 Å². The van der Waals surface area contributed by atoms with Gasteiger partial charge in [0, 0.05) is 25.3 Å². The minimum absolute atomic E-state index is 0.122. The quantitative estimate of drug-likeness (QED) is 0.548. The molecule has 0 radical (unpaired) electrons. The monoisotopic (exact) mass is 155 g/mol. The number of amides is 1. The van der Waals surface area contributed by atoms with Crippen molar-refractivity contribution >= 4 is 5.91 Å². The third-order valence-corrected chi connectivity index (χ3v) is 3.05. The number of fused-ring (bicyclic) bond motifs is 1. The van der Waals surface area contributed by atoms with Gasteiger partial charge < -0.3 is 10.0 Å². The number of rotatable bonds is 0. The Morgan fingerprint density at radius 2 is 2.45 bits per heavy atom. The van der Waals surface area contributed by atoms with Gasteiger partial charge in [0.05, 0.1) is 0 Å². The van der Waals surface area contributed by atoms with Crippen LogP contribution in [0.3, 0.4) is 0 Å². The molecule has 2 aliphatic rings. The largest absolute Gasteiger partial charge is 0.370 e. The van der Waals surface area contributed by atoms with Crippen LogP contribution in [0.1, 0.15) is 26.2 Å². The van der Waals surface area contributed by atoms with Gasteiger partial charge in [0.25, 0.3) is 0 Å². The Kier molecular flexibility index (Phi) is 1.27. The number of carbonyl (C=O) groups is 1. The zero-order valence-electron chi connectivity index (χ0n) is 6.71. The lowest BCUT2D eigenvalue weighted by Crippen LogP contribution is -2.43. The van der Waals surface area contributed by atoms with Crippen LogP contribution in [0.5, 0.6) is 0 Å². The Balaban J connectivity index is 2.30. The Bertz CT molecular complexity index is 204. The van der Waals surface area contributed by atoms with E-state index in [4.69, 9.17) is 0 Å². The molecular formula is C8H13NO2.